The lowest BCUT2D eigenvalue weighted by Gasteiger charge is -2.29. The number of esters is 2. The van der Waals surface area contributed by atoms with Crippen LogP contribution in [0.25, 0.3) is 0 Å². The molecule has 9 nitrogen and oxygen atoms in total. The molecule has 0 fully saturated rings. The summed E-state index contributed by atoms with van der Waals surface area (Å²) in [4.78, 5) is 35.4. The molecule has 0 amide bonds. The van der Waals surface area contributed by atoms with Gasteiger partial charge in [0.2, 0.25) is 0 Å². The maximum atomic E-state index is 12.8. The Morgan fingerprint density at radius 3 is 2.56 bits per heavy atom. The minimum Gasteiger partial charge on any atom is -0.462 e. The monoisotopic (exact) mass is 455 g/mol. The average molecular weight is 455 g/mol. The van der Waals surface area contributed by atoms with Crippen LogP contribution in [0.5, 0.6) is 0 Å². The summed E-state index contributed by atoms with van der Waals surface area (Å²) in [7, 11) is 0. The summed E-state index contributed by atoms with van der Waals surface area (Å²) in [5.41, 5.74) is 1.80. The Kier molecular flexibility index (Phi) is 7.50. The number of nitrogens with zero attached hydrogens (tertiary/aromatic N) is 1. The number of hydrogen-bond acceptors (Lipinski definition) is 7. The van der Waals surface area contributed by atoms with Gasteiger partial charge in [0.1, 0.15) is 6.61 Å². The molecule has 2 aromatic carbocycles. The Morgan fingerprint density at radius 1 is 1.09 bits per heavy atom. The van der Waals surface area contributed by atoms with E-state index in [0.29, 0.717) is 28.4 Å². The van der Waals surface area contributed by atoms with Gasteiger partial charge in [-0.25, -0.2) is 9.59 Å². The number of benzene rings is 2. The quantitative estimate of drug-likeness (QED) is 0.268. The number of hydrogen-bond donors (Lipinski definition) is 2. The molecular formula is C22H21N3O6S. The van der Waals surface area contributed by atoms with Crippen molar-refractivity contribution in [2.45, 2.75) is 19.4 Å². The molecule has 0 saturated carbocycles. The Balaban J connectivity index is 1.62. The standard InChI is InChI=1S/C22H21N3O6S/c1-14-19(21(27)30-11-10-15-6-5-9-17(12-15)25(28)29)18(24-22(32)23-14)13-31-20(26)16-7-3-2-4-8-16/h2-9,12,18H,10-11,13H2,1H3,(H2,23,24,32). The second kappa shape index (κ2) is 10.5. The lowest BCUT2D eigenvalue weighted by molar-refractivity contribution is -0.384. The third-order valence-electron chi connectivity index (χ3n) is 4.71. The van der Waals surface area contributed by atoms with E-state index in [2.05, 4.69) is 10.6 Å². The van der Waals surface area contributed by atoms with Crippen LogP contribution in [0.2, 0.25) is 0 Å². The molecule has 0 aromatic heterocycles. The number of rotatable bonds is 8. The molecule has 2 aromatic rings. The second-order valence-electron chi connectivity index (χ2n) is 6.97. The minimum absolute atomic E-state index is 0.0255. The molecule has 0 saturated heterocycles. The average Bonchev–Trinajstić information content (AvgIpc) is 2.77. The van der Waals surface area contributed by atoms with Gasteiger partial charge in [0, 0.05) is 24.3 Å². The van der Waals surface area contributed by atoms with Gasteiger partial charge in [-0.15, -0.1) is 0 Å². The van der Waals surface area contributed by atoms with E-state index in [0.717, 1.165) is 0 Å². The highest BCUT2D eigenvalue weighted by Crippen LogP contribution is 2.17. The van der Waals surface area contributed by atoms with Crippen molar-refractivity contribution in [2.75, 3.05) is 13.2 Å². The van der Waals surface area contributed by atoms with Crippen LogP contribution in [-0.4, -0.2) is 41.2 Å². The van der Waals surface area contributed by atoms with Crippen LogP contribution in [0.1, 0.15) is 22.8 Å². The van der Waals surface area contributed by atoms with E-state index in [1.54, 1.807) is 49.4 Å². The zero-order valence-electron chi connectivity index (χ0n) is 17.2. The zero-order valence-corrected chi connectivity index (χ0v) is 18.0. The minimum atomic E-state index is -0.679. The van der Waals surface area contributed by atoms with Crippen LogP contribution in [0.3, 0.4) is 0 Å². The van der Waals surface area contributed by atoms with Crippen LogP contribution < -0.4 is 10.6 Å². The predicted octanol–water partition coefficient (Wildman–Crippen LogP) is 2.66. The van der Waals surface area contributed by atoms with Crippen LogP contribution in [0.15, 0.2) is 65.9 Å². The molecule has 0 aliphatic carbocycles. The van der Waals surface area contributed by atoms with Crippen LogP contribution in [-0.2, 0) is 20.7 Å². The summed E-state index contributed by atoms with van der Waals surface area (Å²) in [6.45, 7) is 1.58. The smallest absolute Gasteiger partial charge is 0.338 e. The molecular weight excluding hydrogens is 434 g/mol. The molecule has 1 aliphatic rings. The largest absolute Gasteiger partial charge is 0.462 e. The van der Waals surface area contributed by atoms with E-state index in [9.17, 15) is 19.7 Å². The first-order chi connectivity index (χ1) is 15.3. The molecule has 0 spiro atoms. The van der Waals surface area contributed by atoms with Gasteiger partial charge in [0.15, 0.2) is 5.11 Å². The summed E-state index contributed by atoms with van der Waals surface area (Å²) in [6.07, 6.45) is 0.312. The van der Waals surface area contributed by atoms with Crippen molar-refractivity contribution in [2.24, 2.45) is 0 Å². The lowest BCUT2D eigenvalue weighted by Crippen LogP contribution is -2.52. The van der Waals surface area contributed by atoms with Gasteiger partial charge < -0.3 is 20.1 Å². The molecule has 0 bridgehead atoms. The van der Waals surface area contributed by atoms with Crippen molar-refractivity contribution in [1.29, 1.82) is 0 Å². The van der Waals surface area contributed by atoms with Gasteiger partial charge in [-0.2, -0.15) is 0 Å². The van der Waals surface area contributed by atoms with Gasteiger partial charge in [-0.3, -0.25) is 10.1 Å². The Hall–Kier alpha value is -3.79. The van der Waals surface area contributed by atoms with Crippen molar-refractivity contribution in [3.63, 3.8) is 0 Å². The number of carbonyl (C=O) groups is 2. The van der Waals surface area contributed by atoms with Gasteiger partial charge in [0.25, 0.3) is 5.69 Å². The van der Waals surface area contributed by atoms with Crippen molar-refractivity contribution in [3.8, 4) is 0 Å². The first-order valence-corrected chi connectivity index (χ1v) is 10.2. The first kappa shape index (κ1) is 22.9. The maximum absolute atomic E-state index is 12.8. The first-order valence-electron chi connectivity index (χ1n) is 9.76. The van der Waals surface area contributed by atoms with Crippen molar-refractivity contribution in [3.05, 3.63) is 87.1 Å². The van der Waals surface area contributed by atoms with E-state index in [1.165, 1.54) is 12.1 Å². The number of nitro benzene ring substituents is 1. The fourth-order valence-corrected chi connectivity index (χ4v) is 3.46. The van der Waals surface area contributed by atoms with E-state index in [-0.39, 0.29) is 24.5 Å². The fraction of sp³-hybridized carbons (Fsp3) is 0.227. The second-order valence-corrected chi connectivity index (χ2v) is 7.38. The summed E-state index contributed by atoms with van der Waals surface area (Å²) in [5.74, 6) is -1.12. The lowest BCUT2D eigenvalue weighted by atomic mass is 10.0. The number of ether oxygens (including phenoxy) is 2. The zero-order chi connectivity index (χ0) is 23.1. The Bertz CT molecular complexity index is 1070. The fourth-order valence-electron chi connectivity index (χ4n) is 3.17. The topological polar surface area (TPSA) is 120 Å². The molecule has 10 heteroatoms. The number of thiocarbonyl (C=S) groups is 1. The van der Waals surface area contributed by atoms with E-state index >= 15 is 0 Å². The molecule has 2 N–H and O–H groups in total. The molecule has 1 atom stereocenters. The molecule has 166 valence electrons. The maximum Gasteiger partial charge on any atom is 0.338 e. The number of nitrogens with one attached hydrogen (secondary N) is 2. The molecule has 32 heavy (non-hydrogen) atoms. The van der Waals surface area contributed by atoms with E-state index in [4.69, 9.17) is 21.7 Å². The third-order valence-corrected chi connectivity index (χ3v) is 4.93. The predicted molar refractivity (Wildman–Crippen MR) is 120 cm³/mol. The van der Waals surface area contributed by atoms with Crippen LogP contribution in [0.4, 0.5) is 5.69 Å². The van der Waals surface area contributed by atoms with E-state index < -0.39 is 22.9 Å². The molecule has 1 unspecified atom stereocenters. The molecule has 0 radical (unpaired) electrons. The Morgan fingerprint density at radius 2 is 1.84 bits per heavy atom. The summed E-state index contributed by atoms with van der Waals surface area (Å²) < 4.78 is 10.7. The number of non-ortho nitro benzene ring substituents is 1. The highest BCUT2D eigenvalue weighted by atomic mass is 32.1. The third kappa shape index (κ3) is 5.88. The van der Waals surface area contributed by atoms with Crippen molar-refractivity contribution < 1.29 is 24.0 Å². The van der Waals surface area contributed by atoms with Crippen LogP contribution >= 0.6 is 12.2 Å². The van der Waals surface area contributed by atoms with Gasteiger partial charge in [0.05, 0.1) is 28.7 Å². The van der Waals surface area contributed by atoms with Gasteiger partial charge in [-0.05, 0) is 36.8 Å². The number of nitro groups is 1. The van der Waals surface area contributed by atoms with Gasteiger partial charge in [-0.1, -0.05) is 30.3 Å². The molecule has 1 heterocycles. The summed E-state index contributed by atoms with van der Waals surface area (Å²) in [5, 5.41) is 17.0. The highest BCUT2D eigenvalue weighted by Gasteiger charge is 2.31. The van der Waals surface area contributed by atoms with Crippen molar-refractivity contribution in [1.82, 2.24) is 10.6 Å². The SMILES string of the molecule is CC1=C(C(=O)OCCc2cccc([N+](=O)[O-])c2)C(COC(=O)c2ccccc2)NC(=S)N1. The summed E-state index contributed by atoms with van der Waals surface area (Å²) in [6, 6.07) is 14.0. The van der Waals surface area contributed by atoms with Crippen molar-refractivity contribution >= 4 is 35.0 Å². The molecule has 3 rings (SSSR count). The van der Waals surface area contributed by atoms with E-state index in [1.807, 2.05) is 0 Å². The highest BCUT2D eigenvalue weighted by molar-refractivity contribution is 7.80. The summed E-state index contributed by atoms with van der Waals surface area (Å²) >= 11 is 5.15. The van der Waals surface area contributed by atoms with Crippen LogP contribution in [0, 0.1) is 10.1 Å². The molecule has 1 aliphatic heterocycles. The normalized spacial score (nSPS) is 15.4. The van der Waals surface area contributed by atoms with Gasteiger partial charge >= 0.3 is 11.9 Å². The number of allylic oxidation sites excluding steroid dienone is 1. The Labute approximate surface area is 189 Å². The number of carbonyl (C=O) groups excluding carboxylic acids is 2.